The molecule has 2 aliphatic heterocycles. The van der Waals surface area contributed by atoms with Crippen LogP contribution < -0.4 is 5.32 Å². The highest BCUT2D eigenvalue weighted by atomic mass is 15.2. The fourth-order valence-electron chi connectivity index (χ4n) is 2.80. The summed E-state index contributed by atoms with van der Waals surface area (Å²) in [6.07, 6.45) is 4.23. The minimum Gasteiger partial charge on any atom is -0.315 e. The number of nitrogens with one attached hydrogen (secondary N) is 1. The van der Waals surface area contributed by atoms with E-state index in [0.29, 0.717) is 0 Å². The van der Waals surface area contributed by atoms with Crippen molar-refractivity contribution in [3.05, 3.63) is 0 Å². The van der Waals surface area contributed by atoms with Crippen LogP contribution in [0, 0.1) is 5.92 Å². The van der Waals surface area contributed by atoms with Gasteiger partial charge in [0.25, 0.3) is 0 Å². The number of nitrogens with zero attached hydrogens (tertiary/aromatic N) is 1. The Kier molecular flexibility index (Phi) is 2.89. The highest BCUT2D eigenvalue weighted by Gasteiger charge is 2.34. The molecule has 0 amide bonds. The predicted octanol–water partition coefficient (Wildman–Crippen LogP) is 1.47. The Bertz CT molecular complexity index is 153. The summed E-state index contributed by atoms with van der Waals surface area (Å²) in [5.74, 6) is 0.821. The zero-order chi connectivity index (χ0) is 9.26. The van der Waals surface area contributed by atoms with E-state index in [2.05, 4.69) is 24.1 Å². The van der Waals surface area contributed by atoms with E-state index < -0.39 is 0 Å². The Balaban J connectivity index is 1.99. The third-order valence-corrected chi connectivity index (χ3v) is 3.38. The van der Waals surface area contributed by atoms with Crippen molar-refractivity contribution in [3.63, 3.8) is 0 Å². The topological polar surface area (TPSA) is 15.3 Å². The van der Waals surface area contributed by atoms with Gasteiger partial charge in [-0.05, 0) is 31.7 Å². The average Bonchev–Trinajstić information content (AvgIpc) is 2.24. The van der Waals surface area contributed by atoms with Crippen LogP contribution in [-0.2, 0) is 0 Å². The minimum absolute atomic E-state index is 0.821. The zero-order valence-corrected chi connectivity index (χ0v) is 8.92. The first-order valence-corrected chi connectivity index (χ1v) is 5.74. The van der Waals surface area contributed by atoms with Gasteiger partial charge in [0.2, 0.25) is 0 Å². The number of hydrogen-bond acceptors (Lipinski definition) is 2. The third kappa shape index (κ3) is 2.05. The first-order chi connectivity index (χ1) is 6.27. The molecule has 2 rings (SSSR count). The van der Waals surface area contributed by atoms with Crippen LogP contribution in [0.5, 0.6) is 0 Å². The molecule has 2 fully saturated rings. The molecule has 0 aliphatic carbocycles. The minimum atomic E-state index is 0.821. The van der Waals surface area contributed by atoms with E-state index in [0.717, 1.165) is 18.0 Å². The van der Waals surface area contributed by atoms with Crippen molar-refractivity contribution in [1.82, 2.24) is 10.2 Å². The van der Waals surface area contributed by atoms with Crippen LogP contribution in [0.1, 0.15) is 33.1 Å². The summed E-state index contributed by atoms with van der Waals surface area (Å²) in [5, 5.41) is 3.54. The summed E-state index contributed by atoms with van der Waals surface area (Å²) in [6.45, 7) is 8.42. The van der Waals surface area contributed by atoms with Crippen molar-refractivity contribution in [2.24, 2.45) is 5.92 Å². The highest BCUT2D eigenvalue weighted by Crippen LogP contribution is 2.28. The summed E-state index contributed by atoms with van der Waals surface area (Å²) in [7, 11) is 0. The molecule has 0 aromatic rings. The molecular weight excluding hydrogens is 160 g/mol. The molecule has 0 radical (unpaired) electrons. The van der Waals surface area contributed by atoms with Crippen molar-refractivity contribution in [2.75, 3.05) is 19.6 Å². The largest absolute Gasteiger partial charge is 0.315 e. The smallest absolute Gasteiger partial charge is 0.0224 e. The molecule has 0 saturated carbocycles. The van der Waals surface area contributed by atoms with Crippen LogP contribution in [-0.4, -0.2) is 36.6 Å². The second-order valence-electron chi connectivity index (χ2n) is 4.97. The molecule has 2 saturated heterocycles. The average molecular weight is 182 g/mol. The monoisotopic (exact) mass is 182 g/mol. The molecule has 1 N–H and O–H groups in total. The van der Waals surface area contributed by atoms with Gasteiger partial charge < -0.3 is 5.32 Å². The second-order valence-corrected chi connectivity index (χ2v) is 4.97. The van der Waals surface area contributed by atoms with Gasteiger partial charge in [0.05, 0.1) is 0 Å². The fraction of sp³-hybridized carbons (Fsp3) is 1.00. The molecule has 2 unspecified atom stereocenters. The molecule has 0 aromatic carbocycles. The molecule has 2 atom stereocenters. The van der Waals surface area contributed by atoms with E-state index in [1.54, 1.807) is 0 Å². The van der Waals surface area contributed by atoms with E-state index >= 15 is 0 Å². The number of fused-ring (bicyclic) bond motifs is 2. The lowest BCUT2D eigenvalue weighted by molar-refractivity contribution is 0.180. The van der Waals surface area contributed by atoms with Crippen LogP contribution in [0.2, 0.25) is 0 Å². The first kappa shape index (κ1) is 9.47. The Morgan fingerprint density at radius 3 is 2.77 bits per heavy atom. The maximum absolute atomic E-state index is 3.54. The van der Waals surface area contributed by atoms with E-state index in [1.807, 2.05) is 0 Å². The van der Waals surface area contributed by atoms with Gasteiger partial charge in [-0.25, -0.2) is 0 Å². The van der Waals surface area contributed by atoms with Crippen molar-refractivity contribution >= 4 is 0 Å². The summed E-state index contributed by atoms with van der Waals surface area (Å²) in [5.41, 5.74) is 0. The molecule has 2 heterocycles. The zero-order valence-electron chi connectivity index (χ0n) is 8.92. The van der Waals surface area contributed by atoms with Gasteiger partial charge in [-0.2, -0.15) is 0 Å². The van der Waals surface area contributed by atoms with Crippen LogP contribution in [0.15, 0.2) is 0 Å². The van der Waals surface area contributed by atoms with Gasteiger partial charge in [0.1, 0.15) is 0 Å². The summed E-state index contributed by atoms with van der Waals surface area (Å²) in [4.78, 5) is 2.75. The molecule has 2 nitrogen and oxygen atoms in total. The lowest BCUT2D eigenvalue weighted by Crippen LogP contribution is -2.40. The van der Waals surface area contributed by atoms with Gasteiger partial charge >= 0.3 is 0 Å². The van der Waals surface area contributed by atoms with Gasteiger partial charge in [-0.3, -0.25) is 4.90 Å². The Morgan fingerprint density at radius 1 is 1.23 bits per heavy atom. The van der Waals surface area contributed by atoms with Crippen LogP contribution >= 0.6 is 0 Å². The van der Waals surface area contributed by atoms with Crippen molar-refractivity contribution in [2.45, 2.75) is 45.2 Å². The molecule has 2 heteroatoms. The van der Waals surface area contributed by atoms with Gasteiger partial charge in [0.15, 0.2) is 0 Å². The Labute approximate surface area is 81.7 Å². The maximum Gasteiger partial charge on any atom is 0.0224 e. The molecule has 2 bridgehead atoms. The molecular formula is C11H22N2. The predicted molar refractivity (Wildman–Crippen MR) is 55.8 cm³/mol. The normalized spacial score (nSPS) is 35.3. The summed E-state index contributed by atoms with van der Waals surface area (Å²) < 4.78 is 0. The molecule has 2 aliphatic rings. The standard InChI is InChI=1S/C11H22N2/c1-9(2)8-13-10-3-4-11(13)7-12-6-5-10/h9-12H,3-8H2,1-2H3. The lowest BCUT2D eigenvalue weighted by Gasteiger charge is -2.29. The van der Waals surface area contributed by atoms with E-state index in [1.165, 1.54) is 38.9 Å². The maximum atomic E-state index is 3.54. The van der Waals surface area contributed by atoms with Gasteiger partial charge in [-0.15, -0.1) is 0 Å². The Hall–Kier alpha value is -0.0800. The Morgan fingerprint density at radius 2 is 2.00 bits per heavy atom. The van der Waals surface area contributed by atoms with Crippen LogP contribution in [0.4, 0.5) is 0 Å². The SMILES string of the molecule is CC(C)CN1C2CCNCC1CC2. The van der Waals surface area contributed by atoms with Crippen molar-refractivity contribution in [3.8, 4) is 0 Å². The quantitative estimate of drug-likeness (QED) is 0.695. The third-order valence-electron chi connectivity index (χ3n) is 3.38. The number of rotatable bonds is 2. The number of hydrogen-bond donors (Lipinski definition) is 1. The van der Waals surface area contributed by atoms with Crippen LogP contribution in [0.25, 0.3) is 0 Å². The second kappa shape index (κ2) is 3.97. The van der Waals surface area contributed by atoms with Crippen molar-refractivity contribution in [1.29, 1.82) is 0 Å². The summed E-state index contributed by atoms with van der Waals surface area (Å²) >= 11 is 0. The van der Waals surface area contributed by atoms with E-state index in [4.69, 9.17) is 0 Å². The van der Waals surface area contributed by atoms with Crippen LogP contribution in [0.3, 0.4) is 0 Å². The van der Waals surface area contributed by atoms with E-state index in [9.17, 15) is 0 Å². The molecule has 13 heavy (non-hydrogen) atoms. The lowest BCUT2D eigenvalue weighted by atomic mass is 10.1. The highest BCUT2D eigenvalue weighted by molar-refractivity contribution is 4.91. The summed E-state index contributed by atoms with van der Waals surface area (Å²) in [6, 6.07) is 1.73. The molecule has 0 aromatic heterocycles. The first-order valence-electron chi connectivity index (χ1n) is 5.74. The van der Waals surface area contributed by atoms with Gasteiger partial charge in [0, 0.05) is 25.2 Å². The van der Waals surface area contributed by atoms with Crippen molar-refractivity contribution < 1.29 is 0 Å². The molecule has 0 spiro atoms. The molecule has 76 valence electrons. The van der Waals surface area contributed by atoms with E-state index in [-0.39, 0.29) is 0 Å². The fourth-order valence-corrected chi connectivity index (χ4v) is 2.80. The van der Waals surface area contributed by atoms with Gasteiger partial charge in [-0.1, -0.05) is 13.8 Å².